The molecule has 128 valence electrons. The normalized spacial score (nSPS) is 10.8. The van der Waals surface area contributed by atoms with Gasteiger partial charge in [0.15, 0.2) is 17.4 Å². The molecule has 0 radical (unpaired) electrons. The van der Waals surface area contributed by atoms with Crippen molar-refractivity contribution < 1.29 is 27.4 Å². The molecule has 0 bridgehead atoms. The second kappa shape index (κ2) is 7.41. The monoisotopic (exact) mass is 376 g/mol. The first-order valence-corrected chi connectivity index (χ1v) is 7.77. The Morgan fingerprint density at radius 1 is 1.17 bits per heavy atom. The van der Waals surface area contributed by atoms with Crippen molar-refractivity contribution in [1.29, 1.82) is 0 Å². The van der Waals surface area contributed by atoms with Crippen LogP contribution < -0.4 is 14.8 Å². The summed E-state index contributed by atoms with van der Waals surface area (Å²) in [6, 6.07) is 4.81. The Balaban J connectivity index is 2.28. The Labute approximate surface area is 143 Å². The van der Waals surface area contributed by atoms with Gasteiger partial charge in [-0.15, -0.1) is 9.24 Å². The van der Waals surface area contributed by atoms with Crippen molar-refractivity contribution in [3.63, 3.8) is 0 Å². The van der Waals surface area contributed by atoms with Crippen LogP contribution >= 0.6 is 20.8 Å². The van der Waals surface area contributed by atoms with Crippen molar-refractivity contribution in [1.82, 2.24) is 0 Å². The molecule has 0 amide bonds. The molecule has 0 aliphatic rings. The molecule has 3 nitrogen and oxygen atoms in total. The van der Waals surface area contributed by atoms with Crippen molar-refractivity contribution in [3.05, 3.63) is 52.3 Å². The van der Waals surface area contributed by atoms with Crippen LogP contribution in [0.2, 0.25) is 5.02 Å². The minimum Gasteiger partial charge on any atom is -0.489 e. The average molecular weight is 377 g/mol. The Bertz CT molecular complexity index is 797. The van der Waals surface area contributed by atoms with E-state index in [9.17, 15) is 18.0 Å². The third-order valence-electron chi connectivity index (χ3n) is 2.87. The van der Waals surface area contributed by atoms with Gasteiger partial charge in [-0.1, -0.05) is 11.6 Å². The zero-order valence-corrected chi connectivity index (χ0v) is 14.6. The summed E-state index contributed by atoms with van der Waals surface area (Å²) in [5.74, 6) is -5.99. The molecule has 1 atom stereocenters. The fourth-order valence-electron chi connectivity index (χ4n) is 1.83. The van der Waals surface area contributed by atoms with E-state index in [1.54, 1.807) is 0 Å². The highest BCUT2D eigenvalue weighted by atomic mass is 35.5. The fraction of sp³-hybridized carbons (Fsp3) is 0.188. The summed E-state index contributed by atoms with van der Waals surface area (Å²) in [7, 11) is 1.97. The minimum atomic E-state index is -1.72. The fourth-order valence-corrected chi connectivity index (χ4v) is 2.39. The lowest BCUT2D eigenvalue weighted by Crippen LogP contribution is -2.16. The predicted molar refractivity (Wildman–Crippen MR) is 87.8 cm³/mol. The van der Waals surface area contributed by atoms with E-state index >= 15 is 0 Å². The third kappa shape index (κ3) is 4.00. The highest BCUT2D eigenvalue weighted by molar-refractivity contribution is 7.27. The number of carbonyl (C=O) groups is 1. The molecular formula is C16H13ClF3O3P. The second-order valence-electron chi connectivity index (χ2n) is 5.11. The SMILES string of the molecule is CC(C)Oc1ccc(C(=O)Oc2c(P)cc(F)c(F)c2F)cc1Cl. The molecule has 0 fully saturated rings. The maximum absolute atomic E-state index is 13.7. The highest BCUT2D eigenvalue weighted by Crippen LogP contribution is 2.28. The van der Waals surface area contributed by atoms with Crippen LogP contribution in [0.5, 0.6) is 11.5 Å². The molecule has 2 aromatic carbocycles. The molecule has 0 aliphatic carbocycles. The van der Waals surface area contributed by atoms with E-state index < -0.39 is 29.2 Å². The van der Waals surface area contributed by atoms with Gasteiger partial charge < -0.3 is 9.47 Å². The Hall–Kier alpha value is -1.78. The minimum absolute atomic E-state index is 0.00430. The number of hydrogen-bond donors (Lipinski definition) is 0. The van der Waals surface area contributed by atoms with E-state index in [2.05, 4.69) is 0 Å². The number of rotatable bonds is 4. The van der Waals surface area contributed by atoms with Crippen LogP contribution in [0.15, 0.2) is 24.3 Å². The maximum atomic E-state index is 13.7. The van der Waals surface area contributed by atoms with Gasteiger partial charge in [-0.3, -0.25) is 0 Å². The van der Waals surface area contributed by atoms with Gasteiger partial charge >= 0.3 is 5.97 Å². The van der Waals surface area contributed by atoms with Gasteiger partial charge in [0.05, 0.1) is 16.7 Å². The standard InChI is InChI=1S/C16H13ClF3O3P/c1-7(2)22-11-4-3-8(5-9(11)17)16(21)23-15-12(24)6-10(18)13(19)14(15)20/h3-7H,24H2,1-2H3. The van der Waals surface area contributed by atoms with Crippen LogP contribution in [-0.2, 0) is 0 Å². The highest BCUT2D eigenvalue weighted by Gasteiger charge is 2.21. The van der Waals surface area contributed by atoms with Gasteiger partial charge in [0.1, 0.15) is 5.75 Å². The summed E-state index contributed by atoms with van der Waals surface area (Å²) < 4.78 is 50.4. The van der Waals surface area contributed by atoms with E-state index in [-0.39, 0.29) is 22.0 Å². The summed E-state index contributed by atoms with van der Waals surface area (Å²) in [6.07, 6.45) is -0.115. The summed E-state index contributed by atoms with van der Waals surface area (Å²) in [5.41, 5.74) is 0.00430. The molecule has 2 rings (SSSR count). The first-order valence-electron chi connectivity index (χ1n) is 6.82. The predicted octanol–water partition coefficient (Wildman–Crippen LogP) is 4.26. The number of esters is 1. The van der Waals surface area contributed by atoms with Gasteiger partial charge in [0, 0.05) is 5.30 Å². The summed E-state index contributed by atoms with van der Waals surface area (Å²) in [4.78, 5) is 12.1. The second-order valence-corrected chi connectivity index (χ2v) is 6.14. The summed E-state index contributed by atoms with van der Waals surface area (Å²) >= 11 is 6.01. The summed E-state index contributed by atoms with van der Waals surface area (Å²) in [5, 5.41) is 0.0283. The van der Waals surface area contributed by atoms with Crippen LogP contribution in [0.4, 0.5) is 13.2 Å². The molecule has 24 heavy (non-hydrogen) atoms. The average Bonchev–Trinajstić information content (AvgIpc) is 2.50. The largest absolute Gasteiger partial charge is 0.489 e. The van der Waals surface area contributed by atoms with E-state index in [0.717, 1.165) is 0 Å². The van der Waals surface area contributed by atoms with Gasteiger partial charge in [-0.2, -0.15) is 4.39 Å². The number of carbonyl (C=O) groups excluding carboxylic acids is 1. The van der Waals surface area contributed by atoms with E-state index in [4.69, 9.17) is 21.1 Å². The lowest BCUT2D eigenvalue weighted by molar-refractivity contribution is 0.0728. The molecule has 0 spiro atoms. The number of benzene rings is 2. The van der Waals surface area contributed by atoms with Crippen LogP contribution in [0.25, 0.3) is 0 Å². The number of ether oxygens (including phenoxy) is 2. The smallest absolute Gasteiger partial charge is 0.343 e. The topological polar surface area (TPSA) is 35.5 Å². The van der Waals surface area contributed by atoms with Crippen molar-refractivity contribution in [2.24, 2.45) is 0 Å². The third-order valence-corrected chi connectivity index (χ3v) is 3.60. The zero-order chi connectivity index (χ0) is 18.0. The first kappa shape index (κ1) is 18.6. The quantitative estimate of drug-likeness (QED) is 0.346. The number of halogens is 4. The molecule has 0 saturated carbocycles. The molecule has 0 saturated heterocycles. The molecule has 0 N–H and O–H groups in total. The molecule has 1 unspecified atom stereocenters. The van der Waals surface area contributed by atoms with Gasteiger partial charge in [-0.05, 0) is 38.1 Å². The van der Waals surface area contributed by atoms with E-state index in [0.29, 0.717) is 11.8 Å². The first-order chi connectivity index (χ1) is 11.2. The molecule has 8 heteroatoms. The molecule has 0 aliphatic heterocycles. The Kier molecular flexibility index (Phi) is 5.73. The molecule has 2 aromatic rings. The number of hydrogen-bond acceptors (Lipinski definition) is 3. The van der Waals surface area contributed by atoms with Gasteiger partial charge in [0.2, 0.25) is 5.82 Å². The van der Waals surface area contributed by atoms with Gasteiger partial charge in [-0.25, -0.2) is 13.6 Å². The lowest BCUT2D eigenvalue weighted by atomic mass is 10.2. The maximum Gasteiger partial charge on any atom is 0.343 e. The molecular weight excluding hydrogens is 364 g/mol. The van der Waals surface area contributed by atoms with E-state index in [1.165, 1.54) is 18.2 Å². The Morgan fingerprint density at radius 2 is 1.83 bits per heavy atom. The molecule has 0 heterocycles. The summed E-state index contributed by atoms with van der Waals surface area (Å²) in [6.45, 7) is 3.62. The van der Waals surface area contributed by atoms with E-state index in [1.807, 2.05) is 23.1 Å². The van der Waals surface area contributed by atoms with Crippen molar-refractivity contribution in [3.8, 4) is 11.5 Å². The van der Waals surface area contributed by atoms with Crippen LogP contribution in [-0.4, -0.2) is 12.1 Å². The van der Waals surface area contributed by atoms with Crippen molar-refractivity contribution in [2.75, 3.05) is 0 Å². The van der Waals surface area contributed by atoms with Crippen LogP contribution in [0, 0.1) is 17.5 Å². The van der Waals surface area contributed by atoms with Crippen molar-refractivity contribution >= 4 is 32.1 Å². The molecule has 0 aromatic heterocycles. The van der Waals surface area contributed by atoms with Crippen LogP contribution in [0.1, 0.15) is 24.2 Å². The van der Waals surface area contributed by atoms with Gasteiger partial charge in [0.25, 0.3) is 0 Å². The Morgan fingerprint density at radius 3 is 2.42 bits per heavy atom. The van der Waals surface area contributed by atoms with Crippen molar-refractivity contribution in [2.45, 2.75) is 20.0 Å². The zero-order valence-electron chi connectivity index (χ0n) is 12.7. The lowest BCUT2D eigenvalue weighted by Gasteiger charge is -2.13. The van der Waals surface area contributed by atoms with Crippen LogP contribution in [0.3, 0.4) is 0 Å².